The summed E-state index contributed by atoms with van der Waals surface area (Å²) < 4.78 is 7.19. The minimum atomic E-state index is 0.895. The average molecular weight is 167 g/mol. The van der Waals surface area contributed by atoms with Gasteiger partial charge in [-0.2, -0.15) is 0 Å². The van der Waals surface area contributed by atoms with Crippen LogP contribution < -0.4 is 0 Å². The molecular weight excluding hydrogens is 150 g/mol. The van der Waals surface area contributed by atoms with Crippen LogP contribution in [0, 0.1) is 0 Å². The van der Waals surface area contributed by atoms with E-state index < -0.39 is 0 Å². The van der Waals surface area contributed by atoms with Crippen molar-refractivity contribution in [1.82, 2.24) is 4.57 Å². The molecule has 0 aliphatic rings. The van der Waals surface area contributed by atoms with Crippen molar-refractivity contribution in [3.63, 3.8) is 0 Å². The van der Waals surface area contributed by atoms with Crippen LogP contribution in [-0.2, 0) is 11.3 Å². The van der Waals surface area contributed by atoms with Crippen molar-refractivity contribution in [2.24, 2.45) is 0 Å². The van der Waals surface area contributed by atoms with Gasteiger partial charge in [0, 0.05) is 32.7 Å². The van der Waals surface area contributed by atoms with Crippen molar-refractivity contribution in [1.29, 1.82) is 0 Å². The molecule has 0 unspecified atom stereocenters. The van der Waals surface area contributed by atoms with Gasteiger partial charge in [-0.15, -0.1) is 0 Å². The normalized spacial score (nSPS) is 10.4. The number of methoxy groups -OCH3 is 1. The zero-order valence-electron chi connectivity index (χ0n) is 7.70. The van der Waals surface area contributed by atoms with Crippen LogP contribution in [0.5, 0.6) is 0 Å². The van der Waals surface area contributed by atoms with Crippen molar-refractivity contribution in [3.8, 4) is 0 Å². The van der Waals surface area contributed by atoms with E-state index in [0.717, 1.165) is 13.2 Å². The highest BCUT2D eigenvalue weighted by Gasteiger charge is 1.89. The highest BCUT2D eigenvalue weighted by molar-refractivity contribution is 4.89. The van der Waals surface area contributed by atoms with E-state index in [9.17, 15) is 0 Å². The molecule has 0 bridgehead atoms. The van der Waals surface area contributed by atoms with Gasteiger partial charge in [0.1, 0.15) is 0 Å². The van der Waals surface area contributed by atoms with Crippen LogP contribution in [0.15, 0.2) is 24.5 Å². The lowest BCUT2D eigenvalue weighted by Crippen LogP contribution is -1.95. The Bertz CT molecular complexity index is 182. The maximum Gasteiger partial charge on any atom is 0.0462 e. The van der Waals surface area contributed by atoms with Crippen LogP contribution >= 0.6 is 0 Å². The van der Waals surface area contributed by atoms with E-state index in [0.29, 0.717) is 0 Å². The van der Waals surface area contributed by atoms with Gasteiger partial charge in [-0.1, -0.05) is 0 Å². The molecule has 1 aromatic heterocycles. The monoisotopic (exact) mass is 167 g/mol. The number of unbranched alkanes of at least 4 members (excludes halogenated alkanes) is 2. The third-order valence-corrected chi connectivity index (χ3v) is 1.93. The first kappa shape index (κ1) is 9.33. The molecule has 0 fully saturated rings. The molecule has 68 valence electrons. The predicted octanol–water partition coefficient (Wildman–Crippen LogP) is 2.30. The molecule has 1 heterocycles. The lowest BCUT2D eigenvalue weighted by molar-refractivity contribution is 0.191. The first-order valence-electron chi connectivity index (χ1n) is 4.53. The highest BCUT2D eigenvalue weighted by atomic mass is 16.5. The molecule has 0 radical (unpaired) electrons. The Morgan fingerprint density at radius 1 is 1.08 bits per heavy atom. The minimum Gasteiger partial charge on any atom is -0.385 e. The molecular formula is C10H17NO. The fourth-order valence-corrected chi connectivity index (χ4v) is 1.24. The molecule has 0 saturated heterocycles. The predicted molar refractivity (Wildman–Crippen MR) is 50.2 cm³/mol. The first-order valence-corrected chi connectivity index (χ1v) is 4.53. The molecule has 0 aromatic carbocycles. The molecule has 1 rings (SSSR count). The largest absolute Gasteiger partial charge is 0.385 e. The van der Waals surface area contributed by atoms with Gasteiger partial charge in [0.05, 0.1) is 0 Å². The number of hydrogen-bond donors (Lipinski definition) is 0. The second-order valence-electron chi connectivity index (χ2n) is 2.97. The second kappa shape index (κ2) is 5.84. The summed E-state index contributed by atoms with van der Waals surface area (Å²) in [4.78, 5) is 0. The van der Waals surface area contributed by atoms with Crippen molar-refractivity contribution in [2.75, 3.05) is 13.7 Å². The standard InChI is InChI=1S/C10H17NO/c1-12-10-6-2-3-7-11-8-4-5-9-11/h4-5,8-9H,2-3,6-7,10H2,1H3. The van der Waals surface area contributed by atoms with Crippen LogP contribution in [0.3, 0.4) is 0 Å². The van der Waals surface area contributed by atoms with Gasteiger partial charge in [-0.25, -0.2) is 0 Å². The third-order valence-electron chi connectivity index (χ3n) is 1.93. The van der Waals surface area contributed by atoms with Gasteiger partial charge in [-0.3, -0.25) is 0 Å². The molecule has 0 atom stereocenters. The number of aromatic nitrogens is 1. The van der Waals surface area contributed by atoms with Crippen molar-refractivity contribution < 1.29 is 4.74 Å². The summed E-state index contributed by atoms with van der Waals surface area (Å²) in [7, 11) is 1.76. The van der Waals surface area contributed by atoms with E-state index in [1.807, 2.05) is 0 Å². The molecule has 0 saturated carbocycles. The van der Waals surface area contributed by atoms with Crippen molar-refractivity contribution in [2.45, 2.75) is 25.8 Å². The lowest BCUT2D eigenvalue weighted by Gasteiger charge is -2.01. The zero-order chi connectivity index (χ0) is 8.65. The average Bonchev–Trinajstić information content (AvgIpc) is 2.57. The topological polar surface area (TPSA) is 14.2 Å². The number of ether oxygens (including phenoxy) is 1. The number of aryl methyl sites for hydroxylation is 1. The first-order chi connectivity index (χ1) is 5.93. The number of nitrogens with zero attached hydrogens (tertiary/aromatic N) is 1. The Balaban J connectivity index is 1.96. The summed E-state index contributed by atoms with van der Waals surface area (Å²) in [6, 6.07) is 4.13. The van der Waals surface area contributed by atoms with Gasteiger partial charge >= 0.3 is 0 Å². The summed E-state index contributed by atoms with van der Waals surface area (Å²) in [5.41, 5.74) is 0. The molecule has 0 spiro atoms. The van der Waals surface area contributed by atoms with Gasteiger partial charge in [0.15, 0.2) is 0 Å². The van der Waals surface area contributed by atoms with E-state index in [1.54, 1.807) is 7.11 Å². The summed E-state index contributed by atoms with van der Waals surface area (Å²) in [6.45, 7) is 2.03. The molecule has 0 amide bonds. The van der Waals surface area contributed by atoms with Crippen LogP contribution in [0.4, 0.5) is 0 Å². The Labute approximate surface area is 74.2 Å². The summed E-state index contributed by atoms with van der Waals surface area (Å²) in [5, 5.41) is 0. The quantitative estimate of drug-likeness (QED) is 0.593. The fourth-order valence-electron chi connectivity index (χ4n) is 1.24. The van der Waals surface area contributed by atoms with Crippen LogP contribution in [-0.4, -0.2) is 18.3 Å². The summed E-state index contributed by atoms with van der Waals surface area (Å²) >= 11 is 0. The Kier molecular flexibility index (Phi) is 4.54. The third kappa shape index (κ3) is 3.58. The Morgan fingerprint density at radius 3 is 2.50 bits per heavy atom. The summed E-state index contributed by atoms with van der Waals surface area (Å²) in [6.07, 6.45) is 7.90. The number of rotatable bonds is 6. The van der Waals surface area contributed by atoms with E-state index in [4.69, 9.17) is 4.74 Å². The molecule has 0 aliphatic carbocycles. The van der Waals surface area contributed by atoms with Gasteiger partial charge in [-0.05, 0) is 31.4 Å². The smallest absolute Gasteiger partial charge is 0.0462 e. The molecule has 2 heteroatoms. The minimum absolute atomic E-state index is 0.895. The van der Waals surface area contributed by atoms with Crippen LogP contribution in [0.2, 0.25) is 0 Å². The molecule has 0 N–H and O–H groups in total. The van der Waals surface area contributed by atoms with Gasteiger partial charge in [0.2, 0.25) is 0 Å². The van der Waals surface area contributed by atoms with E-state index >= 15 is 0 Å². The molecule has 1 aromatic rings. The molecule has 0 aliphatic heterocycles. The van der Waals surface area contributed by atoms with Crippen molar-refractivity contribution in [3.05, 3.63) is 24.5 Å². The summed E-state index contributed by atoms with van der Waals surface area (Å²) in [5.74, 6) is 0. The lowest BCUT2D eigenvalue weighted by atomic mass is 10.2. The SMILES string of the molecule is COCCCCCn1cccc1. The van der Waals surface area contributed by atoms with Crippen LogP contribution in [0.25, 0.3) is 0 Å². The molecule has 12 heavy (non-hydrogen) atoms. The van der Waals surface area contributed by atoms with E-state index in [2.05, 4.69) is 29.1 Å². The van der Waals surface area contributed by atoms with E-state index in [-0.39, 0.29) is 0 Å². The maximum absolute atomic E-state index is 4.97. The van der Waals surface area contributed by atoms with Crippen molar-refractivity contribution >= 4 is 0 Å². The fraction of sp³-hybridized carbons (Fsp3) is 0.600. The molecule has 2 nitrogen and oxygen atoms in total. The van der Waals surface area contributed by atoms with Crippen LogP contribution in [0.1, 0.15) is 19.3 Å². The number of hydrogen-bond acceptors (Lipinski definition) is 1. The zero-order valence-corrected chi connectivity index (χ0v) is 7.70. The Hall–Kier alpha value is -0.760. The maximum atomic E-state index is 4.97. The second-order valence-corrected chi connectivity index (χ2v) is 2.97. The van der Waals surface area contributed by atoms with E-state index in [1.165, 1.54) is 19.3 Å². The van der Waals surface area contributed by atoms with Gasteiger partial charge in [0.25, 0.3) is 0 Å². The Morgan fingerprint density at radius 2 is 1.83 bits per heavy atom. The highest BCUT2D eigenvalue weighted by Crippen LogP contribution is 1.99. The van der Waals surface area contributed by atoms with Gasteiger partial charge < -0.3 is 9.30 Å².